The van der Waals surface area contributed by atoms with Crippen molar-refractivity contribution >= 4 is 28.1 Å². The first-order valence-corrected chi connectivity index (χ1v) is 10.7. The summed E-state index contributed by atoms with van der Waals surface area (Å²) >= 11 is 0. The molecule has 33 heavy (non-hydrogen) atoms. The van der Waals surface area contributed by atoms with Gasteiger partial charge in [-0.1, -0.05) is 0 Å². The molecule has 2 aliphatic rings. The minimum Gasteiger partial charge on any atom is -0.489 e. The number of nitrogen functional groups attached to an aromatic ring is 1. The van der Waals surface area contributed by atoms with Crippen LogP contribution in [0.15, 0.2) is 30.3 Å². The summed E-state index contributed by atoms with van der Waals surface area (Å²) in [5, 5.41) is 4.03. The van der Waals surface area contributed by atoms with E-state index in [0.717, 1.165) is 35.5 Å². The van der Waals surface area contributed by atoms with E-state index < -0.39 is 17.8 Å². The van der Waals surface area contributed by atoms with Gasteiger partial charge in [0.15, 0.2) is 0 Å². The lowest BCUT2D eigenvalue weighted by molar-refractivity contribution is -0.137. The topological polar surface area (TPSA) is 85.5 Å². The number of nitrogens with one attached hydrogen (secondary N) is 1. The lowest BCUT2D eigenvalue weighted by Crippen LogP contribution is -2.51. The molecular formula is C23H24F3N5O2. The van der Waals surface area contributed by atoms with Gasteiger partial charge >= 0.3 is 6.18 Å². The number of alkyl halides is 3. The van der Waals surface area contributed by atoms with E-state index in [2.05, 4.69) is 20.2 Å². The fourth-order valence-electron chi connectivity index (χ4n) is 4.39. The molecule has 1 saturated heterocycles. The molecule has 2 atom stereocenters. The number of hydrogen-bond acceptors (Lipinski definition) is 7. The van der Waals surface area contributed by atoms with Crippen LogP contribution in [0.3, 0.4) is 0 Å². The molecule has 2 aliphatic heterocycles. The number of rotatable bonds is 3. The molecule has 0 spiro atoms. The predicted octanol–water partition coefficient (Wildman–Crippen LogP) is 4.31. The zero-order chi connectivity index (χ0) is 23.3. The molecule has 1 fully saturated rings. The van der Waals surface area contributed by atoms with E-state index in [1.807, 2.05) is 12.1 Å². The number of benzene rings is 2. The Bertz CT molecular complexity index is 1220. The summed E-state index contributed by atoms with van der Waals surface area (Å²) in [5.41, 5.74) is 7.09. The largest absolute Gasteiger partial charge is 0.489 e. The van der Waals surface area contributed by atoms with Gasteiger partial charge in [-0.15, -0.1) is 0 Å². The van der Waals surface area contributed by atoms with E-state index in [9.17, 15) is 13.2 Å². The van der Waals surface area contributed by atoms with Crippen LogP contribution < -0.4 is 20.7 Å². The van der Waals surface area contributed by atoms with Gasteiger partial charge in [0.2, 0.25) is 0 Å². The first-order chi connectivity index (χ1) is 15.7. The molecule has 3 aromatic rings. The van der Waals surface area contributed by atoms with E-state index >= 15 is 0 Å². The summed E-state index contributed by atoms with van der Waals surface area (Å²) in [7, 11) is 0. The van der Waals surface area contributed by atoms with E-state index in [4.69, 9.17) is 15.2 Å². The zero-order valence-corrected chi connectivity index (χ0v) is 18.2. The van der Waals surface area contributed by atoms with Crippen LogP contribution in [0.4, 0.5) is 30.4 Å². The van der Waals surface area contributed by atoms with Gasteiger partial charge in [-0.3, -0.25) is 0 Å². The third-order valence-electron chi connectivity index (χ3n) is 6.01. The highest BCUT2D eigenvalue weighted by atomic mass is 19.4. The van der Waals surface area contributed by atoms with Crippen LogP contribution in [0.2, 0.25) is 0 Å². The highest BCUT2D eigenvalue weighted by molar-refractivity contribution is 5.94. The van der Waals surface area contributed by atoms with Crippen molar-refractivity contribution in [2.24, 2.45) is 0 Å². The Morgan fingerprint density at radius 3 is 2.76 bits per heavy atom. The molecule has 1 unspecified atom stereocenters. The van der Waals surface area contributed by atoms with Gasteiger partial charge in [0.25, 0.3) is 0 Å². The van der Waals surface area contributed by atoms with Crippen molar-refractivity contribution in [1.82, 2.24) is 9.97 Å². The number of aryl methyl sites for hydroxylation is 1. The molecule has 0 bridgehead atoms. The Balaban J connectivity index is 1.54. The summed E-state index contributed by atoms with van der Waals surface area (Å²) in [6, 6.07) is 7.12. The summed E-state index contributed by atoms with van der Waals surface area (Å²) in [4.78, 5) is 11.4. The molecule has 5 rings (SSSR count). The second kappa shape index (κ2) is 7.95. The number of aromatic nitrogens is 2. The van der Waals surface area contributed by atoms with Crippen molar-refractivity contribution in [2.75, 3.05) is 42.3 Å². The molecule has 0 radical (unpaired) electrons. The summed E-state index contributed by atoms with van der Waals surface area (Å²) < 4.78 is 51.4. The monoisotopic (exact) mass is 459 g/mol. The molecular weight excluding hydrogens is 435 g/mol. The van der Waals surface area contributed by atoms with Crippen LogP contribution >= 0.6 is 0 Å². The molecule has 1 aromatic heterocycles. The molecule has 3 heterocycles. The van der Waals surface area contributed by atoms with Crippen molar-refractivity contribution in [3.05, 3.63) is 47.3 Å². The Kier molecular flexibility index (Phi) is 5.19. The van der Waals surface area contributed by atoms with Crippen molar-refractivity contribution < 1.29 is 22.6 Å². The van der Waals surface area contributed by atoms with Crippen LogP contribution in [0, 0.1) is 6.92 Å². The number of anilines is 3. The van der Waals surface area contributed by atoms with Crippen molar-refractivity contribution in [3.8, 4) is 5.75 Å². The minimum absolute atomic E-state index is 0.0572. The summed E-state index contributed by atoms with van der Waals surface area (Å²) in [6.45, 7) is 6.08. The Morgan fingerprint density at radius 2 is 1.97 bits per heavy atom. The van der Waals surface area contributed by atoms with Crippen LogP contribution in [-0.2, 0) is 10.9 Å². The number of halogens is 3. The fraction of sp³-hybridized carbons (Fsp3) is 0.391. The Hall–Kier alpha value is -3.27. The molecule has 2 aromatic carbocycles. The molecule has 3 N–H and O–H groups in total. The van der Waals surface area contributed by atoms with Crippen LogP contribution in [-0.4, -0.2) is 42.4 Å². The van der Waals surface area contributed by atoms with Crippen molar-refractivity contribution in [1.29, 1.82) is 0 Å². The molecule has 10 heteroatoms. The third-order valence-corrected chi connectivity index (χ3v) is 6.01. The second-order valence-corrected chi connectivity index (χ2v) is 8.44. The van der Waals surface area contributed by atoms with Gasteiger partial charge in [0, 0.05) is 23.7 Å². The van der Waals surface area contributed by atoms with Gasteiger partial charge in [-0.05, 0) is 43.7 Å². The quantitative estimate of drug-likeness (QED) is 0.565. The van der Waals surface area contributed by atoms with Crippen LogP contribution in [0.1, 0.15) is 29.9 Å². The fourth-order valence-corrected chi connectivity index (χ4v) is 4.39. The van der Waals surface area contributed by atoms with Crippen LogP contribution in [0.5, 0.6) is 5.75 Å². The summed E-state index contributed by atoms with van der Waals surface area (Å²) in [5.74, 6) is 1.84. The number of fused-ring (bicyclic) bond motifs is 4. The van der Waals surface area contributed by atoms with Crippen molar-refractivity contribution in [3.63, 3.8) is 0 Å². The molecule has 0 amide bonds. The van der Waals surface area contributed by atoms with Gasteiger partial charge in [-0.2, -0.15) is 13.2 Å². The van der Waals surface area contributed by atoms with Gasteiger partial charge < -0.3 is 25.4 Å². The molecule has 0 saturated carbocycles. The van der Waals surface area contributed by atoms with E-state index in [1.165, 1.54) is 6.07 Å². The number of nitrogens with two attached hydrogens (primary N) is 1. The van der Waals surface area contributed by atoms with E-state index in [-0.39, 0.29) is 11.7 Å². The number of morpholine rings is 1. The highest BCUT2D eigenvalue weighted by Gasteiger charge is 2.32. The Labute approximate surface area is 188 Å². The van der Waals surface area contributed by atoms with Crippen LogP contribution in [0.25, 0.3) is 10.9 Å². The SMILES string of the molecule is Cc1nc(N[C@H](C)c2cc(N)cc(C(F)(F)F)c2)c2cc3c(cc2n1)OCC1COCCN31. The minimum atomic E-state index is -4.48. The Morgan fingerprint density at radius 1 is 1.15 bits per heavy atom. The lowest BCUT2D eigenvalue weighted by Gasteiger charge is -2.41. The normalized spacial score (nSPS) is 18.9. The standard InChI is InChI=1S/C23H24F3N5O2/c1-12(14-5-15(23(24,25)26)7-16(27)6-14)28-22-18-8-20-21(9-19(18)29-13(2)30-22)33-11-17-10-32-4-3-31(17)20/h5-9,12,17H,3-4,10-11,27H2,1-2H3,(H,28,29,30)/t12-,17?/m1/s1. The molecule has 7 nitrogen and oxygen atoms in total. The smallest absolute Gasteiger partial charge is 0.416 e. The third kappa shape index (κ3) is 4.10. The molecule has 0 aliphatic carbocycles. The van der Waals surface area contributed by atoms with Gasteiger partial charge in [-0.25, -0.2) is 9.97 Å². The summed E-state index contributed by atoms with van der Waals surface area (Å²) in [6.07, 6.45) is -4.48. The van der Waals surface area contributed by atoms with E-state index in [1.54, 1.807) is 13.8 Å². The molecule has 174 valence electrons. The van der Waals surface area contributed by atoms with Crippen molar-refractivity contribution in [2.45, 2.75) is 32.1 Å². The van der Waals surface area contributed by atoms with Gasteiger partial charge in [0.1, 0.15) is 24.0 Å². The number of nitrogens with zero attached hydrogens (tertiary/aromatic N) is 3. The lowest BCUT2D eigenvalue weighted by atomic mass is 10.0. The first-order valence-electron chi connectivity index (χ1n) is 10.7. The predicted molar refractivity (Wildman–Crippen MR) is 120 cm³/mol. The van der Waals surface area contributed by atoms with Gasteiger partial charge in [0.05, 0.1) is 42.1 Å². The second-order valence-electron chi connectivity index (χ2n) is 8.44. The first kappa shape index (κ1) is 21.6. The number of hydrogen-bond donors (Lipinski definition) is 2. The average Bonchev–Trinajstić information content (AvgIpc) is 2.76. The maximum Gasteiger partial charge on any atom is 0.416 e. The zero-order valence-electron chi connectivity index (χ0n) is 18.2. The maximum absolute atomic E-state index is 13.3. The number of ether oxygens (including phenoxy) is 2. The maximum atomic E-state index is 13.3. The van der Waals surface area contributed by atoms with E-state index in [0.29, 0.717) is 42.5 Å². The highest BCUT2D eigenvalue weighted by Crippen LogP contribution is 2.40. The average molecular weight is 459 g/mol.